The second kappa shape index (κ2) is 4.23. The predicted molar refractivity (Wildman–Crippen MR) is 57.4 cm³/mol. The molecule has 1 aliphatic rings. The van der Waals surface area contributed by atoms with Crippen molar-refractivity contribution >= 4 is 21.7 Å². The minimum atomic E-state index is 0.380. The van der Waals surface area contributed by atoms with Crippen molar-refractivity contribution in [2.45, 2.75) is 13.0 Å². The average Bonchev–Trinajstić information content (AvgIpc) is 2.18. The van der Waals surface area contributed by atoms with Gasteiger partial charge in [-0.25, -0.2) is 9.97 Å². The molecule has 0 radical (unpaired) electrons. The molecule has 1 atom stereocenters. The molecule has 0 amide bonds. The van der Waals surface area contributed by atoms with Gasteiger partial charge in [0.05, 0.1) is 19.3 Å². The Morgan fingerprint density at radius 1 is 1.64 bits per heavy atom. The van der Waals surface area contributed by atoms with E-state index in [0.717, 1.165) is 25.6 Å². The Morgan fingerprint density at radius 2 is 2.50 bits per heavy atom. The lowest BCUT2D eigenvalue weighted by Gasteiger charge is -2.34. The van der Waals surface area contributed by atoms with Gasteiger partial charge in [0.1, 0.15) is 5.82 Å². The molecular formula is C9H12BrN3O. The van der Waals surface area contributed by atoms with E-state index in [1.165, 1.54) is 0 Å². The van der Waals surface area contributed by atoms with Gasteiger partial charge in [-0.2, -0.15) is 0 Å². The van der Waals surface area contributed by atoms with Crippen LogP contribution in [0.25, 0.3) is 0 Å². The standard InChI is InChI=1S/C9H12BrN3O/c1-7-6-14-5-4-13(7)8-2-3-11-9(10)12-8/h2-3,7H,4-6H2,1H3/t7-/m0/s1. The number of hydrogen-bond acceptors (Lipinski definition) is 4. The number of halogens is 1. The maximum Gasteiger partial charge on any atom is 0.198 e. The van der Waals surface area contributed by atoms with Crippen LogP contribution in [-0.2, 0) is 4.74 Å². The van der Waals surface area contributed by atoms with Gasteiger partial charge < -0.3 is 9.64 Å². The summed E-state index contributed by atoms with van der Waals surface area (Å²) in [6.07, 6.45) is 1.76. The molecule has 1 aromatic heterocycles. The molecule has 76 valence electrons. The van der Waals surface area contributed by atoms with E-state index in [2.05, 4.69) is 37.7 Å². The largest absolute Gasteiger partial charge is 0.377 e. The summed E-state index contributed by atoms with van der Waals surface area (Å²) in [5, 5.41) is 0. The van der Waals surface area contributed by atoms with E-state index in [-0.39, 0.29) is 0 Å². The Labute approximate surface area is 91.4 Å². The summed E-state index contributed by atoms with van der Waals surface area (Å²) < 4.78 is 6.00. The normalized spacial score (nSPS) is 22.4. The molecule has 1 aromatic rings. The Hall–Kier alpha value is -0.680. The van der Waals surface area contributed by atoms with Crippen LogP contribution in [0, 0.1) is 0 Å². The van der Waals surface area contributed by atoms with Crippen molar-refractivity contribution in [3.8, 4) is 0 Å². The molecule has 0 N–H and O–H groups in total. The van der Waals surface area contributed by atoms with E-state index in [1.54, 1.807) is 6.20 Å². The van der Waals surface area contributed by atoms with Crippen molar-refractivity contribution < 1.29 is 4.74 Å². The minimum Gasteiger partial charge on any atom is -0.377 e. The number of aromatic nitrogens is 2. The average molecular weight is 258 g/mol. The van der Waals surface area contributed by atoms with E-state index >= 15 is 0 Å². The highest BCUT2D eigenvalue weighted by Crippen LogP contribution is 2.17. The zero-order valence-electron chi connectivity index (χ0n) is 7.98. The summed E-state index contributed by atoms with van der Waals surface area (Å²) in [7, 11) is 0. The van der Waals surface area contributed by atoms with Crippen LogP contribution in [0.2, 0.25) is 0 Å². The number of ether oxygens (including phenoxy) is 1. The number of morpholine rings is 1. The third-order valence-electron chi connectivity index (χ3n) is 2.27. The van der Waals surface area contributed by atoms with Crippen LogP contribution in [0.4, 0.5) is 5.82 Å². The Bertz CT molecular complexity index is 321. The van der Waals surface area contributed by atoms with Crippen molar-refractivity contribution in [1.29, 1.82) is 0 Å². The Kier molecular flexibility index (Phi) is 2.98. The summed E-state index contributed by atoms with van der Waals surface area (Å²) in [6.45, 7) is 4.56. The Balaban J connectivity index is 2.20. The number of rotatable bonds is 1. The van der Waals surface area contributed by atoms with Gasteiger partial charge in [-0.1, -0.05) is 0 Å². The van der Waals surface area contributed by atoms with Gasteiger partial charge in [0, 0.05) is 12.7 Å². The van der Waals surface area contributed by atoms with Crippen LogP contribution >= 0.6 is 15.9 Å². The highest BCUT2D eigenvalue weighted by molar-refractivity contribution is 9.10. The van der Waals surface area contributed by atoms with Gasteiger partial charge >= 0.3 is 0 Å². The van der Waals surface area contributed by atoms with Gasteiger partial charge in [-0.3, -0.25) is 0 Å². The van der Waals surface area contributed by atoms with Crippen molar-refractivity contribution in [2.24, 2.45) is 0 Å². The maximum absolute atomic E-state index is 5.37. The first-order valence-electron chi connectivity index (χ1n) is 4.60. The Morgan fingerprint density at radius 3 is 3.21 bits per heavy atom. The minimum absolute atomic E-state index is 0.380. The molecule has 1 saturated heterocycles. The summed E-state index contributed by atoms with van der Waals surface area (Å²) >= 11 is 3.27. The van der Waals surface area contributed by atoms with Gasteiger partial charge in [0.2, 0.25) is 0 Å². The maximum atomic E-state index is 5.37. The monoisotopic (exact) mass is 257 g/mol. The smallest absolute Gasteiger partial charge is 0.198 e. The molecular weight excluding hydrogens is 246 g/mol. The molecule has 1 aliphatic heterocycles. The molecule has 1 fully saturated rings. The molecule has 0 spiro atoms. The van der Waals surface area contributed by atoms with Crippen molar-refractivity contribution in [2.75, 3.05) is 24.7 Å². The molecule has 0 unspecified atom stereocenters. The zero-order valence-corrected chi connectivity index (χ0v) is 9.57. The van der Waals surface area contributed by atoms with Crippen LogP contribution in [-0.4, -0.2) is 35.8 Å². The van der Waals surface area contributed by atoms with Gasteiger partial charge in [-0.05, 0) is 28.9 Å². The third kappa shape index (κ3) is 2.04. The highest BCUT2D eigenvalue weighted by atomic mass is 79.9. The van der Waals surface area contributed by atoms with E-state index < -0.39 is 0 Å². The molecule has 14 heavy (non-hydrogen) atoms. The van der Waals surface area contributed by atoms with Gasteiger partial charge in [0.15, 0.2) is 4.73 Å². The topological polar surface area (TPSA) is 38.2 Å². The SMILES string of the molecule is C[C@H]1COCCN1c1ccnc(Br)n1. The molecule has 0 saturated carbocycles. The van der Waals surface area contributed by atoms with Crippen molar-refractivity contribution in [1.82, 2.24) is 9.97 Å². The zero-order chi connectivity index (χ0) is 9.97. The predicted octanol–water partition coefficient (Wildman–Crippen LogP) is 1.46. The lowest BCUT2D eigenvalue weighted by Crippen LogP contribution is -2.44. The molecule has 2 rings (SSSR count). The van der Waals surface area contributed by atoms with Crippen molar-refractivity contribution in [3.63, 3.8) is 0 Å². The molecule has 0 aromatic carbocycles. The molecule has 5 heteroatoms. The quantitative estimate of drug-likeness (QED) is 0.715. The first-order chi connectivity index (χ1) is 6.77. The van der Waals surface area contributed by atoms with Crippen molar-refractivity contribution in [3.05, 3.63) is 17.0 Å². The molecule has 2 heterocycles. The summed E-state index contributed by atoms with van der Waals surface area (Å²) in [5.41, 5.74) is 0. The third-order valence-corrected chi connectivity index (χ3v) is 2.66. The molecule has 0 bridgehead atoms. The molecule has 4 nitrogen and oxygen atoms in total. The van der Waals surface area contributed by atoms with Gasteiger partial charge in [-0.15, -0.1) is 0 Å². The second-order valence-electron chi connectivity index (χ2n) is 3.30. The van der Waals surface area contributed by atoms with E-state index in [1.807, 2.05) is 6.07 Å². The van der Waals surface area contributed by atoms with E-state index in [9.17, 15) is 0 Å². The highest BCUT2D eigenvalue weighted by Gasteiger charge is 2.19. The summed E-state index contributed by atoms with van der Waals surface area (Å²) in [4.78, 5) is 10.6. The number of nitrogens with zero attached hydrogens (tertiary/aromatic N) is 3. The van der Waals surface area contributed by atoms with E-state index in [4.69, 9.17) is 4.74 Å². The fraction of sp³-hybridized carbons (Fsp3) is 0.556. The van der Waals surface area contributed by atoms with Gasteiger partial charge in [0.25, 0.3) is 0 Å². The molecule has 0 aliphatic carbocycles. The van der Waals surface area contributed by atoms with Crippen LogP contribution in [0.3, 0.4) is 0 Å². The second-order valence-corrected chi connectivity index (χ2v) is 4.01. The fourth-order valence-corrected chi connectivity index (χ4v) is 1.85. The first kappa shape index (κ1) is 9.86. The lowest BCUT2D eigenvalue weighted by molar-refractivity contribution is 0.0985. The summed E-state index contributed by atoms with van der Waals surface area (Å²) in [5.74, 6) is 0.961. The first-order valence-corrected chi connectivity index (χ1v) is 5.39. The number of hydrogen-bond donors (Lipinski definition) is 0. The van der Waals surface area contributed by atoms with Crippen LogP contribution in [0.1, 0.15) is 6.92 Å². The van der Waals surface area contributed by atoms with E-state index in [0.29, 0.717) is 10.8 Å². The van der Waals surface area contributed by atoms with Crippen LogP contribution in [0.15, 0.2) is 17.0 Å². The lowest BCUT2D eigenvalue weighted by atomic mass is 10.2. The number of anilines is 1. The van der Waals surface area contributed by atoms with Crippen LogP contribution < -0.4 is 4.90 Å². The fourth-order valence-electron chi connectivity index (χ4n) is 1.55. The van der Waals surface area contributed by atoms with Crippen LogP contribution in [0.5, 0.6) is 0 Å². The summed E-state index contributed by atoms with van der Waals surface area (Å²) in [6, 6.07) is 2.30.